The van der Waals surface area contributed by atoms with Crippen LogP contribution in [0.2, 0.25) is 0 Å². The summed E-state index contributed by atoms with van der Waals surface area (Å²) in [5, 5.41) is 7.10. The van der Waals surface area contributed by atoms with Gasteiger partial charge >= 0.3 is 12.1 Å². The van der Waals surface area contributed by atoms with Crippen molar-refractivity contribution < 1.29 is 32.2 Å². The fourth-order valence-corrected chi connectivity index (χ4v) is 6.34. The fraction of sp³-hybridized carbons (Fsp3) is 0.625. The molecule has 0 aromatic carbocycles. The standard InChI is InChI=1S/C24H35N5O7S/c1-24(2,3)36-23(31)25-14-19-20(12-18(27(19)4)22(30)34-5)37(32,33)28-10-9-17-16(15-28)13-26-29(17)21-8-6-7-11-35-21/h12-13,21H,6-11,14-15H2,1-5H3,(H,25,31). The molecule has 2 aromatic heterocycles. The van der Waals surface area contributed by atoms with Crippen molar-refractivity contribution in [2.24, 2.45) is 7.05 Å². The number of aromatic nitrogens is 3. The van der Waals surface area contributed by atoms with E-state index < -0.39 is 27.7 Å². The Labute approximate surface area is 216 Å². The number of nitrogens with zero attached hydrogens (tertiary/aromatic N) is 4. The minimum Gasteiger partial charge on any atom is -0.464 e. The molecular formula is C24H35N5O7S. The summed E-state index contributed by atoms with van der Waals surface area (Å²) in [5.41, 5.74) is 1.38. The number of rotatable bonds is 6. The van der Waals surface area contributed by atoms with Crippen LogP contribution < -0.4 is 5.32 Å². The number of amides is 1. The number of nitrogens with one attached hydrogen (secondary N) is 1. The van der Waals surface area contributed by atoms with Crippen LogP contribution in [-0.2, 0) is 50.8 Å². The summed E-state index contributed by atoms with van der Waals surface area (Å²) >= 11 is 0. The number of sulfonamides is 1. The molecule has 1 atom stereocenters. The molecule has 204 valence electrons. The van der Waals surface area contributed by atoms with Crippen LogP contribution in [-0.4, -0.2) is 65.0 Å². The highest BCUT2D eigenvalue weighted by atomic mass is 32.2. The highest BCUT2D eigenvalue weighted by molar-refractivity contribution is 7.89. The van der Waals surface area contributed by atoms with Gasteiger partial charge in [0.05, 0.1) is 25.5 Å². The first kappa shape index (κ1) is 27.1. The predicted octanol–water partition coefficient (Wildman–Crippen LogP) is 2.48. The van der Waals surface area contributed by atoms with E-state index in [0.717, 1.165) is 30.5 Å². The van der Waals surface area contributed by atoms with Gasteiger partial charge in [-0.25, -0.2) is 22.7 Å². The quantitative estimate of drug-likeness (QED) is 0.556. The lowest BCUT2D eigenvalue weighted by molar-refractivity contribution is -0.0414. The van der Waals surface area contributed by atoms with E-state index in [1.165, 1.54) is 22.0 Å². The smallest absolute Gasteiger partial charge is 0.407 e. The van der Waals surface area contributed by atoms with Gasteiger partial charge in [-0.1, -0.05) is 0 Å². The monoisotopic (exact) mass is 537 g/mol. The minimum absolute atomic E-state index is 0.0574. The van der Waals surface area contributed by atoms with Gasteiger partial charge in [-0.2, -0.15) is 9.40 Å². The van der Waals surface area contributed by atoms with Crippen LogP contribution in [0.1, 0.15) is 73.7 Å². The highest BCUT2D eigenvalue weighted by Gasteiger charge is 2.36. The first-order valence-electron chi connectivity index (χ1n) is 12.3. The van der Waals surface area contributed by atoms with E-state index in [1.54, 1.807) is 34.0 Å². The number of methoxy groups -OCH3 is 1. The van der Waals surface area contributed by atoms with E-state index in [0.29, 0.717) is 13.0 Å². The Morgan fingerprint density at radius 1 is 1.27 bits per heavy atom. The largest absolute Gasteiger partial charge is 0.464 e. The zero-order chi connectivity index (χ0) is 27.0. The number of esters is 1. The number of alkyl carbamates (subject to hydrolysis) is 1. The first-order valence-corrected chi connectivity index (χ1v) is 13.8. The molecule has 2 aliphatic heterocycles. The van der Waals surface area contributed by atoms with Crippen molar-refractivity contribution in [1.29, 1.82) is 0 Å². The van der Waals surface area contributed by atoms with E-state index in [-0.39, 0.29) is 42.1 Å². The van der Waals surface area contributed by atoms with Crippen molar-refractivity contribution in [3.63, 3.8) is 0 Å². The van der Waals surface area contributed by atoms with E-state index in [2.05, 4.69) is 10.4 Å². The Bertz CT molecular complexity index is 1270. The second kappa shape index (κ2) is 10.5. The summed E-state index contributed by atoms with van der Waals surface area (Å²) in [6.07, 6.45) is 4.34. The molecule has 0 spiro atoms. The van der Waals surface area contributed by atoms with E-state index >= 15 is 0 Å². The number of ether oxygens (including phenoxy) is 3. The summed E-state index contributed by atoms with van der Waals surface area (Å²) in [4.78, 5) is 24.5. The van der Waals surface area contributed by atoms with E-state index in [9.17, 15) is 18.0 Å². The second-order valence-corrected chi connectivity index (χ2v) is 12.1. The molecule has 0 bridgehead atoms. The van der Waals surface area contributed by atoms with Crippen LogP contribution in [0.15, 0.2) is 17.2 Å². The van der Waals surface area contributed by atoms with Gasteiger partial charge in [-0.3, -0.25) is 0 Å². The molecule has 0 aliphatic carbocycles. The maximum atomic E-state index is 13.8. The molecule has 1 fully saturated rings. The Kier molecular flexibility index (Phi) is 7.67. The Morgan fingerprint density at radius 3 is 2.68 bits per heavy atom. The number of carbonyl (C=O) groups excluding carboxylic acids is 2. The molecule has 1 saturated heterocycles. The molecule has 2 aromatic rings. The molecule has 0 radical (unpaired) electrons. The summed E-state index contributed by atoms with van der Waals surface area (Å²) in [6.45, 7) is 6.11. The maximum absolute atomic E-state index is 13.8. The number of hydrogen-bond donors (Lipinski definition) is 1. The van der Waals surface area contributed by atoms with E-state index in [4.69, 9.17) is 14.2 Å². The normalized spacial score (nSPS) is 18.8. The van der Waals surface area contributed by atoms with Gasteiger partial charge < -0.3 is 24.1 Å². The predicted molar refractivity (Wildman–Crippen MR) is 132 cm³/mol. The summed E-state index contributed by atoms with van der Waals surface area (Å²) in [5.74, 6) is -0.683. The number of carbonyl (C=O) groups is 2. The van der Waals surface area contributed by atoms with Crippen LogP contribution in [0.4, 0.5) is 4.79 Å². The molecule has 1 unspecified atom stereocenters. The van der Waals surface area contributed by atoms with Crippen LogP contribution in [0.3, 0.4) is 0 Å². The summed E-state index contributed by atoms with van der Waals surface area (Å²) in [7, 11) is -1.25. The van der Waals surface area contributed by atoms with Crippen molar-refractivity contribution in [3.8, 4) is 0 Å². The minimum atomic E-state index is -4.03. The van der Waals surface area contributed by atoms with Crippen molar-refractivity contribution in [3.05, 3.63) is 34.9 Å². The third kappa shape index (κ3) is 5.68. The number of hydrogen-bond acceptors (Lipinski definition) is 8. The molecule has 1 amide bonds. The van der Waals surface area contributed by atoms with Gasteiger partial charge in [0.25, 0.3) is 0 Å². The average Bonchev–Trinajstić information content (AvgIpc) is 3.42. The van der Waals surface area contributed by atoms with Gasteiger partial charge in [0.15, 0.2) is 0 Å². The summed E-state index contributed by atoms with van der Waals surface area (Å²) < 4.78 is 48.3. The summed E-state index contributed by atoms with van der Waals surface area (Å²) in [6, 6.07) is 1.29. The second-order valence-electron chi connectivity index (χ2n) is 10.2. The SMILES string of the molecule is COC(=O)c1cc(S(=O)(=O)N2CCc3c(cnn3C3CCCCO3)C2)c(CNC(=O)OC(C)(C)C)n1C. The molecular weight excluding hydrogens is 502 g/mol. The molecule has 12 nitrogen and oxygen atoms in total. The molecule has 4 heterocycles. The van der Waals surface area contributed by atoms with Crippen LogP contribution in [0.5, 0.6) is 0 Å². The molecule has 0 saturated carbocycles. The van der Waals surface area contributed by atoms with Crippen molar-refractivity contribution >= 4 is 22.1 Å². The molecule has 13 heteroatoms. The maximum Gasteiger partial charge on any atom is 0.407 e. The van der Waals surface area contributed by atoms with Gasteiger partial charge in [-0.15, -0.1) is 0 Å². The van der Waals surface area contributed by atoms with Gasteiger partial charge in [0.1, 0.15) is 22.4 Å². The zero-order valence-corrected chi connectivity index (χ0v) is 22.8. The lowest BCUT2D eigenvalue weighted by Crippen LogP contribution is -2.37. The van der Waals surface area contributed by atoms with Crippen LogP contribution >= 0.6 is 0 Å². The highest BCUT2D eigenvalue weighted by Crippen LogP contribution is 2.31. The Morgan fingerprint density at radius 2 is 2.03 bits per heavy atom. The van der Waals surface area contributed by atoms with Crippen molar-refractivity contribution in [2.45, 2.75) is 76.3 Å². The van der Waals surface area contributed by atoms with Crippen LogP contribution in [0.25, 0.3) is 0 Å². The van der Waals surface area contributed by atoms with Gasteiger partial charge in [-0.05, 0) is 46.1 Å². The zero-order valence-electron chi connectivity index (χ0n) is 21.9. The van der Waals surface area contributed by atoms with Gasteiger partial charge in [0.2, 0.25) is 10.0 Å². The molecule has 37 heavy (non-hydrogen) atoms. The van der Waals surface area contributed by atoms with Gasteiger partial charge in [0, 0.05) is 44.4 Å². The average molecular weight is 538 g/mol. The lowest BCUT2D eigenvalue weighted by atomic mass is 10.1. The fourth-order valence-electron chi connectivity index (χ4n) is 4.65. The van der Waals surface area contributed by atoms with E-state index in [1.807, 2.05) is 4.68 Å². The van der Waals surface area contributed by atoms with Crippen molar-refractivity contribution in [2.75, 3.05) is 20.3 Å². The Balaban J connectivity index is 1.61. The molecule has 4 rings (SSSR count). The van der Waals surface area contributed by atoms with Crippen LogP contribution in [0, 0.1) is 0 Å². The topological polar surface area (TPSA) is 134 Å². The third-order valence-electron chi connectivity index (χ3n) is 6.49. The Hall–Kier alpha value is -2.90. The number of fused-ring (bicyclic) bond motifs is 1. The first-order chi connectivity index (χ1) is 17.4. The molecule has 2 aliphatic rings. The van der Waals surface area contributed by atoms with Crippen molar-refractivity contribution in [1.82, 2.24) is 24.0 Å². The third-order valence-corrected chi connectivity index (χ3v) is 8.39. The molecule has 1 N–H and O–H groups in total. The lowest BCUT2D eigenvalue weighted by Gasteiger charge is -2.29.